The molecular weight excluding hydrogens is 273 g/mol. The number of nitrogens with two attached hydrogens (primary N) is 1. The Bertz CT molecular complexity index is 285. The van der Waals surface area contributed by atoms with Crippen molar-refractivity contribution < 1.29 is 22.7 Å². The monoisotopic (exact) mass is 298 g/mol. The fraction of sp³-hybridized carbons (Fsp3) is 0.923. The number of carbonyl (C=O) groups is 1. The minimum Gasteiger partial charge on any atom is -0.382 e. The largest absolute Gasteiger partial charge is 0.406 e. The van der Waals surface area contributed by atoms with Gasteiger partial charge in [-0.2, -0.15) is 13.2 Å². The van der Waals surface area contributed by atoms with Crippen LogP contribution in [0.15, 0.2) is 0 Å². The molecule has 4 nitrogen and oxygen atoms in total. The van der Waals surface area contributed by atoms with Crippen molar-refractivity contribution in [1.82, 2.24) is 4.90 Å². The lowest BCUT2D eigenvalue weighted by Crippen LogP contribution is -2.50. The molecule has 1 unspecified atom stereocenters. The maximum absolute atomic E-state index is 12.5. The molecule has 0 aromatic carbocycles. The number of alkyl halides is 3. The van der Waals surface area contributed by atoms with Gasteiger partial charge in [0.2, 0.25) is 5.91 Å². The number of amides is 1. The normalized spacial score (nSPS) is 14.9. The van der Waals surface area contributed by atoms with E-state index in [4.69, 9.17) is 10.5 Å². The Morgan fingerprint density at radius 3 is 2.40 bits per heavy atom. The van der Waals surface area contributed by atoms with Gasteiger partial charge < -0.3 is 15.4 Å². The maximum Gasteiger partial charge on any atom is 0.406 e. The highest BCUT2D eigenvalue weighted by Gasteiger charge is 2.35. The second-order valence-electron chi connectivity index (χ2n) is 4.84. The molecule has 0 fully saturated rings. The summed E-state index contributed by atoms with van der Waals surface area (Å²) in [7, 11) is 0. The van der Waals surface area contributed by atoms with Crippen LogP contribution in [0.2, 0.25) is 0 Å². The summed E-state index contributed by atoms with van der Waals surface area (Å²) in [5, 5.41) is 0. The molecular formula is C13H25F3N2O2. The van der Waals surface area contributed by atoms with Gasteiger partial charge in [-0.1, -0.05) is 20.3 Å². The van der Waals surface area contributed by atoms with Gasteiger partial charge in [0.15, 0.2) is 0 Å². The number of halogens is 3. The van der Waals surface area contributed by atoms with Gasteiger partial charge in [-0.15, -0.1) is 0 Å². The van der Waals surface area contributed by atoms with E-state index in [1.807, 2.05) is 6.92 Å². The summed E-state index contributed by atoms with van der Waals surface area (Å²) in [6.45, 7) is 4.98. The molecule has 0 rings (SSSR count). The predicted octanol–water partition coefficient (Wildman–Crippen LogP) is 2.18. The van der Waals surface area contributed by atoms with E-state index in [1.54, 1.807) is 13.8 Å². The summed E-state index contributed by atoms with van der Waals surface area (Å²) in [4.78, 5) is 12.8. The third-order valence-corrected chi connectivity index (χ3v) is 3.14. The molecule has 0 aliphatic rings. The van der Waals surface area contributed by atoms with Gasteiger partial charge in [0.05, 0.1) is 6.04 Å². The van der Waals surface area contributed by atoms with Crippen molar-refractivity contribution in [1.29, 1.82) is 0 Å². The molecule has 120 valence electrons. The van der Waals surface area contributed by atoms with E-state index in [-0.39, 0.29) is 12.5 Å². The first-order valence-electron chi connectivity index (χ1n) is 6.91. The van der Waals surface area contributed by atoms with Crippen molar-refractivity contribution in [3.63, 3.8) is 0 Å². The molecule has 0 aliphatic heterocycles. The van der Waals surface area contributed by atoms with Crippen molar-refractivity contribution in [2.75, 3.05) is 26.3 Å². The van der Waals surface area contributed by atoms with Gasteiger partial charge in [0.1, 0.15) is 6.54 Å². The summed E-state index contributed by atoms with van der Waals surface area (Å²) >= 11 is 0. The van der Waals surface area contributed by atoms with Crippen molar-refractivity contribution in [2.45, 2.75) is 45.8 Å². The van der Waals surface area contributed by atoms with Crippen LogP contribution in [-0.4, -0.2) is 49.3 Å². The molecule has 7 heteroatoms. The first-order chi connectivity index (χ1) is 9.22. The Morgan fingerprint density at radius 1 is 1.35 bits per heavy atom. The number of hydrogen-bond donors (Lipinski definition) is 1. The lowest BCUT2D eigenvalue weighted by atomic mass is 9.99. The zero-order chi connectivity index (χ0) is 15.8. The van der Waals surface area contributed by atoms with E-state index in [2.05, 4.69) is 0 Å². The first-order valence-corrected chi connectivity index (χ1v) is 6.91. The summed E-state index contributed by atoms with van der Waals surface area (Å²) in [6, 6.07) is -0.894. The van der Waals surface area contributed by atoms with Crippen LogP contribution < -0.4 is 5.73 Å². The molecule has 0 saturated carbocycles. The number of hydrogen-bond acceptors (Lipinski definition) is 3. The lowest BCUT2D eigenvalue weighted by molar-refractivity contribution is -0.163. The number of nitrogens with zero attached hydrogens (tertiary/aromatic N) is 1. The summed E-state index contributed by atoms with van der Waals surface area (Å²) in [5.74, 6) is -0.793. The highest BCUT2D eigenvalue weighted by atomic mass is 19.4. The van der Waals surface area contributed by atoms with E-state index in [9.17, 15) is 18.0 Å². The van der Waals surface area contributed by atoms with Gasteiger partial charge in [0.25, 0.3) is 0 Å². The molecule has 0 aromatic heterocycles. The quantitative estimate of drug-likeness (QED) is 0.664. The Kier molecular flexibility index (Phi) is 8.80. The molecule has 0 saturated heterocycles. The molecule has 0 heterocycles. The molecule has 0 bridgehead atoms. The summed E-state index contributed by atoms with van der Waals surface area (Å²) < 4.78 is 42.6. The molecule has 2 atom stereocenters. The van der Waals surface area contributed by atoms with E-state index in [0.717, 1.165) is 4.90 Å². The van der Waals surface area contributed by atoms with Crippen molar-refractivity contribution in [3.8, 4) is 0 Å². The molecule has 0 aliphatic carbocycles. The highest BCUT2D eigenvalue weighted by Crippen LogP contribution is 2.18. The molecule has 0 spiro atoms. The Hall–Kier alpha value is -0.820. The van der Waals surface area contributed by atoms with Crippen LogP contribution in [0.5, 0.6) is 0 Å². The SMILES string of the molecule is CCOCCCN(CC(F)(F)F)C(=O)[C@@H](N)C(C)CC. The van der Waals surface area contributed by atoms with Crippen LogP contribution in [0.25, 0.3) is 0 Å². The number of carbonyl (C=O) groups excluding carboxylic acids is 1. The van der Waals surface area contributed by atoms with Gasteiger partial charge in [-0.25, -0.2) is 0 Å². The van der Waals surface area contributed by atoms with Crippen molar-refractivity contribution in [2.24, 2.45) is 11.7 Å². The summed E-state index contributed by atoms with van der Waals surface area (Å²) in [5.41, 5.74) is 5.73. The van der Waals surface area contributed by atoms with Gasteiger partial charge in [-0.3, -0.25) is 4.79 Å². The van der Waals surface area contributed by atoms with Crippen LogP contribution in [0.4, 0.5) is 13.2 Å². The maximum atomic E-state index is 12.5. The Morgan fingerprint density at radius 2 is 1.95 bits per heavy atom. The fourth-order valence-corrected chi connectivity index (χ4v) is 1.69. The minimum atomic E-state index is -4.42. The zero-order valence-electron chi connectivity index (χ0n) is 12.4. The van der Waals surface area contributed by atoms with E-state index >= 15 is 0 Å². The van der Waals surface area contributed by atoms with E-state index in [0.29, 0.717) is 26.1 Å². The first kappa shape index (κ1) is 19.2. The Labute approximate surface area is 118 Å². The van der Waals surface area contributed by atoms with Crippen LogP contribution >= 0.6 is 0 Å². The highest BCUT2D eigenvalue weighted by molar-refractivity contribution is 5.82. The predicted molar refractivity (Wildman–Crippen MR) is 71.2 cm³/mol. The zero-order valence-corrected chi connectivity index (χ0v) is 12.4. The molecule has 2 N–H and O–H groups in total. The van der Waals surface area contributed by atoms with Crippen molar-refractivity contribution in [3.05, 3.63) is 0 Å². The molecule has 0 radical (unpaired) electrons. The van der Waals surface area contributed by atoms with Crippen LogP contribution in [0, 0.1) is 5.92 Å². The standard InChI is InChI=1S/C13H25F3N2O2/c1-4-10(3)11(17)12(19)18(9-13(14,15)16)7-6-8-20-5-2/h10-11H,4-9,17H2,1-3H3/t10?,11-/m0/s1. The summed E-state index contributed by atoms with van der Waals surface area (Å²) in [6.07, 6.45) is -3.41. The van der Waals surface area contributed by atoms with Crippen molar-refractivity contribution >= 4 is 5.91 Å². The third-order valence-electron chi connectivity index (χ3n) is 3.14. The van der Waals surface area contributed by atoms with Crippen LogP contribution in [0.1, 0.15) is 33.6 Å². The van der Waals surface area contributed by atoms with Gasteiger partial charge in [0, 0.05) is 19.8 Å². The molecule has 0 aromatic rings. The second kappa shape index (κ2) is 9.18. The van der Waals surface area contributed by atoms with E-state index in [1.165, 1.54) is 0 Å². The smallest absolute Gasteiger partial charge is 0.382 e. The molecule has 1 amide bonds. The van der Waals surface area contributed by atoms with Crippen LogP contribution in [-0.2, 0) is 9.53 Å². The third kappa shape index (κ3) is 7.69. The van der Waals surface area contributed by atoms with Gasteiger partial charge >= 0.3 is 6.18 Å². The van der Waals surface area contributed by atoms with Gasteiger partial charge in [-0.05, 0) is 19.3 Å². The van der Waals surface area contributed by atoms with E-state index < -0.39 is 24.7 Å². The fourth-order valence-electron chi connectivity index (χ4n) is 1.69. The number of ether oxygens (including phenoxy) is 1. The van der Waals surface area contributed by atoms with Crippen LogP contribution in [0.3, 0.4) is 0 Å². The lowest BCUT2D eigenvalue weighted by Gasteiger charge is -2.28. The minimum absolute atomic E-state index is 0.00246. The second-order valence-corrected chi connectivity index (χ2v) is 4.84. The topological polar surface area (TPSA) is 55.6 Å². The average molecular weight is 298 g/mol. The average Bonchev–Trinajstić information content (AvgIpc) is 2.38. The Balaban J connectivity index is 4.61. The number of rotatable bonds is 9. The molecule has 20 heavy (non-hydrogen) atoms.